The smallest absolute Gasteiger partial charge is 0.165 e. The monoisotopic (exact) mass is 328 g/mol. The van der Waals surface area contributed by atoms with Gasteiger partial charge < -0.3 is 20.7 Å². The lowest BCUT2D eigenvalue weighted by Crippen LogP contribution is -2.29. The van der Waals surface area contributed by atoms with Crippen LogP contribution in [0.2, 0.25) is 0 Å². The minimum absolute atomic E-state index is 0.244. The average Bonchev–Trinajstić information content (AvgIpc) is 3.23. The van der Waals surface area contributed by atoms with Gasteiger partial charge in [0.05, 0.1) is 24.7 Å². The number of piperidine rings is 1. The molecule has 0 saturated carbocycles. The van der Waals surface area contributed by atoms with Gasteiger partial charge in [-0.15, -0.1) is 0 Å². The predicted octanol–water partition coefficient (Wildman–Crippen LogP) is 1.52. The van der Waals surface area contributed by atoms with Gasteiger partial charge in [-0.2, -0.15) is 15.1 Å². The predicted molar refractivity (Wildman–Crippen MR) is 88.6 cm³/mol. The number of hydroxylamine groups is 1. The van der Waals surface area contributed by atoms with E-state index < -0.39 is 0 Å². The second-order valence-corrected chi connectivity index (χ2v) is 6.08. The first-order valence-electron chi connectivity index (χ1n) is 8.06. The molecule has 3 aromatic heterocycles. The molecule has 126 valence electrons. The van der Waals surface area contributed by atoms with Gasteiger partial charge in [0.2, 0.25) is 0 Å². The van der Waals surface area contributed by atoms with Crippen molar-refractivity contribution >= 4 is 11.5 Å². The molecule has 24 heavy (non-hydrogen) atoms. The number of furan rings is 1. The summed E-state index contributed by atoms with van der Waals surface area (Å²) in [5.74, 6) is 1.58. The molecule has 0 aromatic carbocycles. The first kappa shape index (κ1) is 15.1. The van der Waals surface area contributed by atoms with Crippen LogP contribution in [0.4, 0.5) is 5.82 Å². The van der Waals surface area contributed by atoms with Gasteiger partial charge in [-0.05, 0) is 25.5 Å². The zero-order valence-electron chi connectivity index (χ0n) is 13.2. The molecule has 0 aliphatic carbocycles. The molecule has 0 spiro atoms. The Labute approximate surface area is 138 Å². The molecule has 1 aliphatic rings. The summed E-state index contributed by atoms with van der Waals surface area (Å²) in [5.41, 5.74) is 11.7. The average molecular weight is 328 g/mol. The number of nitrogens with two attached hydrogens (primary N) is 1. The van der Waals surface area contributed by atoms with E-state index in [-0.39, 0.29) is 6.54 Å². The number of nitrogens with zero attached hydrogens (tertiary/aromatic N) is 3. The van der Waals surface area contributed by atoms with Gasteiger partial charge in [0.1, 0.15) is 11.6 Å². The minimum Gasteiger partial charge on any atom is -0.467 e. The van der Waals surface area contributed by atoms with E-state index in [0.29, 0.717) is 17.5 Å². The van der Waals surface area contributed by atoms with Crippen molar-refractivity contribution < 1.29 is 9.62 Å². The molecule has 4 heterocycles. The normalized spacial score (nSPS) is 18.3. The maximum absolute atomic E-state index is 8.79. The van der Waals surface area contributed by atoms with Crippen molar-refractivity contribution in [3.8, 4) is 11.1 Å². The summed E-state index contributed by atoms with van der Waals surface area (Å²) in [6.07, 6.45) is 5.62. The summed E-state index contributed by atoms with van der Waals surface area (Å²) >= 11 is 0. The van der Waals surface area contributed by atoms with E-state index >= 15 is 0 Å². The van der Waals surface area contributed by atoms with E-state index in [1.807, 2.05) is 12.1 Å². The second-order valence-electron chi connectivity index (χ2n) is 6.08. The first-order valence-corrected chi connectivity index (χ1v) is 8.06. The Bertz CT molecular complexity index is 849. The number of aromatic nitrogens is 3. The SMILES string of the molecule is Nc1cc(C2CCCNC2)nc2c(-c3coc(CNO)c3)cnn12. The van der Waals surface area contributed by atoms with E-state index in [1.54, 1.807) is 17.0 Å². The largest absolute Gasteiger partial charge is 0.467 e. The Morgan fingerprint density at radius 1 is 1.46 bits per heavy atom. The maximum Gasteiger partial charge on any atom is 0.165 e. The molecule has 1 unspecified atom stereocenters. The highest BCUT2D eigenvalue weighted by molar-refractivity contribution is 5.77. The summed E-state index contributed by atoms with van der Waals surface area (Å²) in [5, 5.41) is 16.5. The van der Waals surface area contributed by atoms with Gasteiger partial charge >= 0.3 is 0 Å². The third-order valence-corrected chi connectivity index (χ3v) is 4.45. The van der Waals surface area contributed by atoms with Crippen molar-refractivity contribution in [2.75, 3.05) is 18.8 Å². The fourth-order valence-electron chi connectivity index (χ4n) is 3.22. The summed E-state index contributed by atoms with van der Waals surface area (Å²) in [6.45, 7) is 2.22. The standard InChI is InChI=1S/C16H20N6O2/c17-15-5-14(10-2-1-3-18-6-10)21-16-13(8-19-22(15)16)11-4-12(7-20-23)24-9-11/h4-5,8-10,18,20,23H,1-3,6-7,17H2. The van der Waals surface area contributed by atoms with Crippen LogP contribution < -0.4 is 16.5 Å². The minimum atomic E-state index is 0.244. The van der Waals surface area contributed by atoms with E-state index in [9.17, 15) is 0 Å². The number of hydrogen-bond donors (Lipinski definition) is 4. The number of nitrogen functional groups attached to an aromatic ring is 1. The van der Waals surface area contributed by atoms with E-state index in [2.05, 4.69) is 15.9 Å². The van der Waals surface area contributed by atoms with Gasteiger partial charge in [-0.25, -0.2) is 4.98 Å². The molecule has 1 fully saturated rings. The third kappa shape index (κ3) is 2.64. The van der Waals surface area contributed by atoms with Crippen molar-refractivity contribution in [2.45, 2.75) is 25.3 Å². The molecule has 3 aromatic rings. The van der Waals surface area contributed by atoms with Crippen molar-refractivity contribution in [2.24, 2.45) is 0 Å². The van der Waals surface area contributed by atoms with Crippen molar-refractivity contribution in [3.05, 3.63) is 36.0 Å². The van der Waals surface area contributed by atoms with Gasteiger partial charge in [-0.1, -0.05) is 0 Å². The summed E-state index contributed by atoms with van der Waals surface area (Å²) in [7, 11) is 0. The molecule has 1 saturated heterocycles. The lowest BCUT2D eigenvalue weighted by atomic mass is 9.96. The fourth-order valence-corrected chi connectivity index (χ4v) is 3.22. The molecule has 0 amide bonds. The number of fused-ring (bicyclic) bond motifs is 1. The van der Waals surface area contributed by atoms with Crippen molar-refractivity contribution in [1.29, 1.82) is 0 Å². The molecule has 0 bridgehead atoms. The molecule has 1 atom stereocenters. The number of rotatable bonds is 4. The maximum atomic E-state index is 8.79. The summed E-state index contributed by atoms with van der Waals surface area (Å²) in [6, 6.07) is 3.77. The molecule has 1 aliphatic heterocycles. The molecular weight excluding hydrogens is 308 g/mol. The molecule has 8 nitrogen and oxygen atoms in total. The molecular formula is C16H20N6O2. The number of hydrogen-bond acceptors (Lipinski definition) is 7. The Morgan fingerprint density at radius 2 is 2.38 bits per heavy atom. The molecule has 5 N–H and O–H groups in total. The highest BCUT2D eigenvalue weighted by atomic mass is 16.5. The van der Waals surface area contributed by atoms with Crippen LogP contribution in [0, 0.1) is 0 Å². The highest BCUT2D eigenvalue weighted by Crippen LogP contribution is 2.29. The Morgan fingerprint density at radius 3 is 3.17 bits per heavy atom. The highest BCUT2D eigenvalue weighted by Gasteiger charge is 2.20. The van der Waals surface area contributed by atoms with Gasteiger partial charge in [-0.3, -0.25) is 0 Å². The molecule has 4 rings (SSSR count). The zero-order chi connectivity index (χ0) is 16.5. The fraction of sp³-hybridized carbons (Fsp3) is 0.375. The van der Waals surface area contributed by atoms with E-state index in [4.69, 9.17) is 20.3 Å². The lowest BCUT2D eigenvalue weighted by Gasteiger charge is -2.22. The van der Waals surface area contributed by atoms with Crippen LogP contribution in [-0.4, -0.2) is 32.9 Å². The first-order chi connectivity index (χ1) is 11.8. The summed E-state index contributed by atoms with van der Waals surface area (Å²) < 4.78 is 7.07. The third-order valence-electron chi connectivity index (χ3n) is 4.45. The van der Waals surface area contributed by atoms with Crippen LogP contribution in [0.15, 0.2) is 29.0 Å². The van der Waals surface area contributed by atoms with Crippen molar-refractivity contribution in [3.63, 3.8) is 0 Å². The molecule has 0 radical (unpaired) electrons. The van der Waals surface area contributed by atoms with Crippen LogP contribution in [0.3, 0.4) is 0 Å². The molecule has 8 heteroatoms. The van der Waals surface area contributed by atoms with Gasteiger partial charge in [0, 0.05) is 29.7 Å². The second kappa shape index (κ2) is 6.23. The van der Waals surface area contributed by atoms with E-state index in [0.717, 1.165) is 48.4 Å². The van der Waals surface area contributed by atoms with E-state index in [1.165, 1.54) is 0 Å². The van der Waals surface area contributed by atoms with Gasteiger partial charge in [0.25, 0.3) is 0 Å². The van der Waals surface area contributed by atoms with Crippen LogP contribution in [0.1, 0.15) is 30.2 Å². The lowest BCUT2D eigenvalue weighted by molar-refractivity contribution is 0.153. The zero-order valence-corrected chi connectivity index (χ0v) is 13.2. The Kier molecular flexibility index (Phi) is 3.93. The quantitative estimate of drug-likeness (QED) is 0.537. The van der Waals surface area contributed by atoms with Crippen molar-refractivity contribution in [1.82, 2.24) is 25.4 Å². The number of anilines is 1. The Balaban J connectivity index is 1.77. The van der Waals surface area contributed by atoms with Crippen LogP contribution in [0.5, 0.6) is 0 Å². The Hall–Kier alpha value is -2.42. The van der Waals surface area contributed by atoms with Crippen LogP contribution in [0.25, 0.3) is 16.8 Å². The number of nitrogens with one attached hydrogen (secondary N) is 2. The van der Waals surface area contributed by atoms with Crippen LogP contribution in [-0.2, 0) is 6.54 Å². The summed E-state index contributed by atoms with van der Waals surface area (Å²) in [4.78, 5) is 4.83. The topological polar surface area (TPSA) is 114 Å². The van der Waals surface area contributed by atoms with Gasteiger partial charge in [0.15, 0.2) is 5.65 Å². The van der Waals surface area contributed by atoms with Crippen LogP contribution >= 0.6 is 0 Å².